The smallest absolute Gasteiger partial charge is 0.364 e. The molecule has 6 atom stereocenters. The lowest BCUT2D eigenvalue weighted by Gasteiger charge is -2.45. The van der Waals surface area contributed by atoms with Gasteiger partial charge in [0.2, 0.25) is 11.8 Å². The van der Waals surface area contributed by atoms with Crippen molar-refractivity contribution in [1.82, 2.24) is 10.6 Å². The summed E-state index contributed by atoms with van der Waals surface area (Å²) >= 11 is 0. The number of carbonyl (C=O) groups is 3. The number of amides is 2. The van der Waals surface area contributed by atoms with Crippen molar-refractivity contribution >= 4 is 17.8 Å². The third-order valence-corrected chi connectivity index (χ3v) is 3.53. The SMILES string of the molecule is CC(=O)N[C@@H](C1O[C@](O)(C(=O)O)C[C@@H](O)[C@H]1NC(C)=O)[C@H](C)O. The highest BCUT2D eigenvalue weighted by atomic mass is 16.7. The van der Waals surface area contributed by atoms with Crippen LogP contribution in [0.2, 0.25) is 0 Å². The van der Waals surface area contributed by atoms with Crippen LogP contribution in [-0.2, 0) is 19.1 Å². The fourth-order valence-corrected chi connectivity index (χ4v) is 2.54. The lowest BCUT2D eigenvalue weighted by atomic mass is 9.87. The Morgan fingerprint density at radius 2 is 1.83 bits per heavy atom. The van der Waals surface area contributed by atoms with Crippen LogP contribution in [0.15, 0.2) is 0 Å². The van der Waals surface area contributed by atoms with E-state index in [0.717, 1.165) is 0 Å². The molecule has 1 aliphatic heterocycles. The van der Waals surface area contributed by atoms with E-state index >= 15 is 0 Å². The third kappa shape index (κ3) is 4.61. The molecule has 1 unspecified atom stereocenters. The zero-order valence-corrected chi connectivity index (χ0v) is 13.0. The Morgan fingerprint density at radius 1 is 1.26 bits per heavy atom. The number of hydrogen-bond acceptors (Lipinski definition) is 7. The molecule has 0 radical (unpaired) electrons. The molecule has 1 rings (SSSR count). The number of aliphatic hydroxyl groups is 3. The minimum atomic E-state index is -2.70. The molecule has 0 aromatic heterocycles. The first-order chi connectivity index (χ1) is 10.5. The predicted molar refractivity (Wildman–Crippen MR) is 75.0 cm³/mol. The highest BCUT2D eigenvalue weighted by molar-refractivity contribution is 5.76. The molecule has 0 spiro atoms. The number of carbonyl (C=O) groups excluding carboxylic acids is 2. The Labute approximate surface area is 132 Å². The summed E-state index contributed by atoms with van der Waals surface area (Å²) in [6.45, 7) is 3.67. The Bertz CT molecular complexity index is 465. The van der Waals surface area contributed by atoms with Gasteiger partial charge in [0.1, 0.15) is 6.10 Å². The Kier molecular flexibility index (Phi) is 6.05. The van der Waals surface area contributed by atoms with Crippen LogP contribution < -0.4 is 10.6 Å². The summed E-state index contributed by atoms with van der Waals surface area (Å²) in [6, 6.07) is -2.29. The highest BCUT2D eigenvalue weighted by Gasteiger charge is 2.53. The van der Waals surface area contributed by atoms with Crippen LogP contribution in [0.1, 0.15) is 27.2 Å². The van der Waals surface area contributed by atoms with Gasteiger partial charge in [-0.15, -0.1) is 0 Å². The van der Waals surface area contributed by atoms with Crippen molar-refractivity contribution in [3.63, 3.8) is 0 Å². The minimum absolute atomic E-state index is 0.532. The summed E-state index contributed by atoms with van der Waals surface area (Å²) in [5.41, 5.74) is 0. The maximum atomic E-state index is 11.3. The van der Waals surface area contributed by atoms with Gasteiger partial charge in [0, 0.05) is 20.3 Å². The molecule has 1 fully saturated rings. The number of carboxylic acid groups (broad SMARTS) is 1. The average molecular weight is 334 g/mol. The fourth-order valence-electron chi connectivity index (χ4n) is 2.54. The lowest BCUT2D eigenvalue weighted by Crippen LogP contribution is -2.69. The molecule has 0 aromatic carbocycles. The van der Waals surface area contributed by atoms with Crippen molar-refractivity contribution < 1.29 is 39.5 Å². The number of nitrogens with one attached hydrogen (secondary N) is 2. The fraction of sp³-hybridized carbons (Fsp3) is 0.769. The van der Waals surface area contributed by atoms with Crippen LogP contribution in [0, 0.1) is 0 Å². The van der Waals surface area contributed by atoms with Crippen LogP contribution in [0.5, 0.6) is 0 Å². The Hall–Kier alpha value is -1.75. The highest BCUT2D eigenvalue weighted by Crippen LogP contribution is 2.30. The Balaban J connectivity index is 3.21. The topological polar surface area (TPSA) is 165 Å². The van der Waals surface area contributed by atoms with Crippen molar-refractivity contribution in [2.45, 2.75) is 63.4 Å². The van der Waals surface area contributed by atoms with Gasteiger partial charge in [0.25, 0.3) is 5.79 Å². The molecule has 0 saturated carbocycles. The molecule has 23 heavy (non-hydrogen) atoms. The molecule has 132 valence electrons. The first-order valence-corrected chi connectivity index (χ1v) is 7.02. The van der Waals surface area contributed by atoms with Crippen LogP contribution in [0.3, 0.4) is 0 Å². The molecule has 1 saturated heterocycles. The number of aliphatic carboxylic acids is 1. The molecule has 0 bridgehead atoms. The van der Waals surface area contributed by atoms with Crippen LogP contribution in [-0.4, -0.2) is 74.4 Å². The molecular formula is C13H22N2O8. The largest absolute Gasteiger partial charge is 0.477 e. The van der Waals surface area contributed by atoms with Gasteiger partial charge in [0.05, 0.1) is 24.3 Å². The summed E-state index contributed by atoms with van der Waals surface area (Å²) in [7, 11) is 0. The molecule has 1 aliphatic rings. The molecule has 0 aromatic rings. The Morgan fingerprint density at radius 3 is 2.22 bits per heavy atom. The van der Waals surface area contributed by atoms with Crippen LogP contribution in [0.4, 0.5) is 0 Å². The molecule has 10 nitrogen and oxygen atoms in total. The van der Waals surface area contributed by atoms with E-state index in [1.165, 1.54) is 20.8 Å². The number of aliphatic hydroxyl groups excluding tert-OH is 2. The van der Waals surface area contributed by atoms with E-state index in [9.17, 15) is 29.7 Å². The van der Waals surface area contributed by atoms with E-state index < -0.39 is 60.4 Å². The van der Waals surface area contributed by atoms with Gasteiger partial charge in [0.15, 0.2) is 0 Å². The second kappa shape index (κ2) is 7.21. The third-order valence-electron chi connectivity index (χ3n) is 3.53. The second-order valence-corrected chi connectivity index (χ2v) is 5.64. The number of rotatable bonds is 5. The average Bonchev–Trinajstić information content (AvgIpc) is 2.38. The van der Waals surface area contributed by atoms with Gasteiger partial charge in [-0.3, -0.25) is 9.59 Å². The molecule has 1 heterocycles. The summed E-state index contributed by atoms with van der Waals surface area (Å²) in [6.07, 6.45) is -4.72. The van der Waals surface area contributed by atoms with Gasteiger partial charge in [-0.2, -0.15) is 0 Å². The molecule has 0 aliphatic carbocycles. The number of carboxylic acids is 1. The lowest BCUT2D eigenvalue weighted by molar-refractivity contribution is -0.283. The first-order valence-electron chi connectivity index (χ1n) is 7.02. The summed E-state index contributed by atoms with van der Waals surface area (Å²) in [4.78, 5) is 33.8. The van der Waals surface area contributed by atoms with E-state index in [0.29, 0.717) is 0 Å². The van der Waals surface area contributed by atoms with E-state index in [2.05, 4.69) is 10.6 Å². The van der Waals surface area contributed by atoms with Gasteiger partial charge < -0.3 is 35.8 Å². The second-order valence-electron chi connectivity index (χ2n) is 5.64. The van der Waals surface area contributed by atoms with E-state index in [1.807, 2.05) is 0 Å². The number of hydrogen-bond donors (Lipinski definition) is 6. The summed E-state index contributed by atoms with van der Waals surface area (Å²) in [5, 5.41) is 43.8. The zero-order valence-electron chi connectivity index (χ0n) is 13.0. The quantitative estimate of drug-likeness (QED) is 0.316. The molecule has 2 amide bonds. The van der Waals surface area contributed by atoms with Gasteiger partial charge in [-0.1, -0.05) is 0 Å². The maximum absolute atomic E-state index is 11.3. The minimum Gasteiger partial charge on any atom is -0.477 e. The predicted octanol–water partition coefficient (Wildman–Crippen LogP) is -2.70. The monoisotopic (exact) mass is 334 g/mol. The zero-order chi connectivity index (χ0) is 17.9. The van der Waals surface area contributed by atoms with E-state index in [4.69, 9.17) is 9.84 Å². The van der Waals surface area contributed by atoms with Crippen LogP contribution in [0.25, 0.3) is 0 Å². The van der Waals surface area contributed by atoms with Gasteiger partial charge in [-0.25, -0.2) is 4.79 Å². The summed E-state index contributed by atoms with van der Waals surface area (Å²) < 4.78 is 5.15. The van der Waals surface area contributed by atoms with E-state index in [-0.39, 0.29) is 0 Å². The number of ether oxygens (including phenoxy) is 1. The van der Waals surface area contributed by atoms with Crippen molar-refractivity contribution in [3.8, 4) is 0 Å². The molecular weight excluding hydrogens is 312 g/mol. The van der Waals surface area contributed by atoms with Crippen LogP contribution >= 0.6 is 0 Å². The van der Waals surface area contributed by atoms with Crippen molar-refractivity contribution in [3.05, 3.63) is 0 Å². The summed E-state index contributed by atoms with van der Waals surface area (Å²) in [5.74, 6) is -5.50. The normalized spacial score (nSPS) is 33.4. The van der Waals surface area contributed by atoms with Gasteiger partial charge >= 0.3 is 5.97 Å². The maximum Gasteiger partial charge on any atom is 0.364 e. The van der Waals surface area contributed by atoms with Crippen molar-refractivity contribution in [2.75, 3.05) is 0 Å². The molecule has 10 heteroatoms. The van der Waals surface area contributed by atoms with E-state index in [1.54, 1.807) is 0 Å². The standard InChI is InChI=1S/C13H22N2O8/c1-5(16)9(14-6(2)17)11-10(15-7(3)18)8(19)4-13(22,23-11)12(20)21/h5,8-11,16,19,22H,4H2,1-3H3,(H,14,17)(H,15,18)(H,20,21)/t5-,8+,9+,10+,11?,13-/m0/s1. The first kappa shape index (κ1) is 19.3. The van der Waals surface area contributed by atoms with Crippen molar-refractivity contribution in [1.29, 1.82) is 0 Å². The van der Waals surface area contributed by atoms with Gasteiger partial charge in [-0.05, 0) is 6.92 Å². The van der Waals surface area contributed by atoms with Crippen molar-refractivity contribution in [2.24, 2.45) is 0 Å². The molecule has 6 N–H and O–H groups in total.